The van der Waals surface area contributed by atoms with Crippen LogP contribution < -0.4 is 15.4 Å². The Labute approximate surface area is 130 Å². The van der Waals surface area contributed by atoms with Gasteiger partial charge in [-0.3, -0.25) is 9.59 Å². The fourth-order valence-corrected chi connectivity index (χ4v) is 1.88. The maximum absolute atomic E-state index is 11.8. The second kappa shape index (κ2) is 8.52. The van der Waals surface area contributed by atoms with E-state index in [1.54, 1.807) is 12.1 Å². The van der Waals surface area contributed by atoms with Gasteiger partial charge in [0.1, 0.15) is 5.75 Å². The number of halogens is 1. The molecule has 0 atom stereocenters. The largest absolute Gasteiger partial charge is 0.495 e. The first-order valence-electron chi connectivity index (χ1n) is 6.88. The summed E-state index contributed by atoms with van der Waals surface area (Å²) in [5.41, 5.74) is 1.37. The van der Waals surface area contributed by atoms with Crippen LogP contribution >= 0.6 is 11.6 Å². The van der Waals surface area contributed by atoms with E-state index in [0.717, 1.165) is 18.4 Å². The molecule has 21 heavy (non-hydrogen) atoms. The summed E-state index contributed by atoms with van der Waals surface area (Å²) in [4.78, 5) is 23.3. The zero-order valence-corrected chi connectivity index (χ0v) is 13.3. The number of aryl methyl sites for hydroxylation is 1. The summed E-state index contributed by atoms with van der Waals surface area (Å²) in [6.07, 6.45) is 2.20. The average molecular weight is 313 g/mol. The highest BCUT2D eigenvalue weighted by molar-refractivity contribution is 6.31. The number of amides is 2. The number of ether oxygens (including phenoxy) is 1. The van der Waals surface area contributed by atoms with E-state index in [4.69, 9.17) is 16.3 Å². The molecule has 0 aromatic heterocycles. The molecular formula is C15H21ClN2O3. The van der Waals surface area contributed by atoms with E-state index in [0.29, 0.717) is 22.9 Å². The molecule has 0 bridgehead atoms. The van der Waals surface area contributed by atoms with Crippen molar-refractivity contribution in [3.05, 3.63) is 22.7 Å². The molecule has 2 N–H and O–H groups in total. The third-order valence-corrected chi connectivity index (χ3v) is 3.37. The Morgan fingerprint density at radius 2 is 2.00 bits per heavy atom. The minimum Gasteiger partial charge on any atom is -0.495 e. The molecule has 5 nitrogen and oxygen atoms in total. The molecule has 0 saturated carbocycles. The molecule has 0 fully saturated rings. The van der Waals surface area contributed by atoms with Crippen LogP contribution in [0, 0.1) is 6.92 Å². The van der Waals surface area contributed by atoms with Crippen molar-refractivity contribution in [2.75, 3.05) is 19.0 Å². The van der Waals surface area contributed by atoms with Gasteiger partial charge in [-0.15, -0.1) is 0 Å². The number of benzene rings is 1. The summed E-state index contributed by atoms with van der Waals surface area (Å²) in [5.74, 6) is 0.0578. The minimum absolute atomic E-state index is 0.0621. The Kier molecular flexibility index (Phi) is 7.02. The van der Waals surface area contributed by atoms with Crippen molar-refractivity contribution in [3.63, 3.8) is 0 Å². The predicted octanol–water partition coefficient (Wildman–Crippen LogP) is 2.90. The van der Waals surface area contributed by atoms with Gasteiger partial charge >= 0.3 is 0 Å². The topological polar surface area (TPSA) is 67.4 Å². The number of methoxy groups -OCH3 is 1. The van der Waals surface area contributed by atoms with Crippen molar-refractivity contribution < 1.29 is 14.3 Å². The maximum Gasteiger partial charge on any atom is 0.243 e. The molecule has 116 valence electrons. The highest BCUT2D eigenvalue weighted by atomic mass is 35.5. The van der Waals surface area contributed by atoms with Gasteiger partial charge in [0.15, 0.2) is 0 Å². The third kappa shape index (κ3) is 5.63. The van der Waals surface area contributed by atoms with Crippen molar-refractivity contribution >= 4 is 29.1 Å². The lowest BCUT2D eigenvalue weighted by atomic mass is 10.2. The lowest BCUT2D eigenvalue weighted by Gasteiger charge is -2.12. The Morgan fingerprint density at radius 3 is 2.62 bits per heavy atom. The van der Waals surface area contributed by atoms with Crippen LogP contribution in [-0.2, 0) is 9.59 Å². The van der Waals surface area contributed by atoms with Crippen LogP contribution in [0.25, 0.3) is 0 Å². The quantitative estimate of drug-likeness (QED) is 0.813. The third-order valence-electron chi connectivity index (χ3n) is 2.96. The van der Waals surface area contributed by atoms with Crippen molar-refractivity contribution in [2.45, 2.75) is 33.1 Å². The van der Waals surface area contributed by atoms with E-state index >= 15 is 0 Å². The van der Waals surface area contributed by atoms with Crippen LogP contribution in [0.2, 0.25) is 5.02 Å². The molecule has 0 unspecified atom stereocenters. The van der Waals surface area contributed by atoms with Crippen molar-refractivity contribution in [3.8, 4) is 5.75 Å². The summed E-state index contributed by atoms with van der Waals surface area (Å²) >= 11 is 6.00. The first-order valence-corrected chi connectivity index (χ1v) is 7.26. The fraction of sp³-hybridized carbons (Fsp3) is 0.467. The van der Waals surface area contributed by atoms with E-state index in [2.05, 4.69) is 10.6 Å². The number of unbranched alkanes of at least 4 members (excludes halogenated alkanes) is 1. The molecule has 0 saturated heterocycles. The minimum atomic E-state index is -0.306. The Balaban J connectivity index is 2.59. The van der Waals surface area contributed by atoms with E-state index in [-0.39, 0.29) is 18.4 Å². The molecule has 0 heterocycles. The van der Waals surface area contributed by atoms with Gasteiger partial charge < -0.3 is 15.4 Å². The average Bonchev–Trinajstić information content (AvgIpc) is 2.46. The predicted molar refractivity (Wildman–Crippen MR) is 83.9 cm³/mol. The van der Waals surface area contributed by atoms with Gasteiger partial charge in [0.2, 0.25) is 11.8 Å². The number of carbonyl (C=O) groups excluding carboxylic acids is 2. The van der Waals surface area contributed by atoms with Crippen molar-refractivity contribution in [1.29, 1.82) is 0 Å². The summed E-state index contributed by atoms with van der Waals surface area (Å²) in [6, 6.07) is 3.38. The van der Waals surface area contributed by atoms with Crippen LogP contribution in [-0.4, -0.2) is 25.5 Å². The number of hydrogen-bond acceptors (Lipinski definition) is 3. The standard InChI is InChI=1S/C15H21ClN2O3/c1-4-5-6-14(19)17-9-15(20)18-12-7-10(2)11(16)8-13(12)21-3/h7-8H,4-6,9H2,1-3H3,(H,17,19)(H,18,20). The molecule has 1 aromatic rings. The molecule has 0 aliphatic heterocycles. The number of carbonyl (C=O) groups is 2. The van der Waals surface area contributed by atoms with Crippen LogP contribution in [0.5, 0.6) is 5.75 Å². The Morgan fingerprint density at radius 1 is 1.29 bits per heavy atom. The highest BCUT2D eigenvalue weighted by Crippen LogP contribution is 2.30. The van der Waals surface area contributed by atoms with Gasteiger partial charge in [-0.2, -0.15) is 0 Å². The second-order valence-electron chi connectivity index (χ2n) is 4.73. The fourth-order valence-electron chi connectivity index (χ4n) is 1.73. The molecule has 0 spiro atoms. The van der Waals surface area contributed by atoms with Gasteiger partial charge in [0.25, 0.3) is 0 Å². The second-order valence-corrected chi connectivity index (χ2v) is 5.14. The molecule has 0 aliphatic rings. The highest BCUT2D eigenvalue weighted by Gasteiger charge is 2.11. The summed E-state index contributed by atoms with van der Waals surface area (Å²) < 4.78 is 5.17. The Hall–Kier alpha value is -1.75. The number of anilines is 1. The van der Waals surface area contributed by atoms with Crippen LogP contribution in [0.3, 0.4) is 0 Å². The SMILES string of the molecule is CCCCC(=O)NCC(=O)Nc1cc(C)c(Cl)cc1OC. The molecule has 0 radical (unpaired) electrons. The lowest BCUT2D eigenvalue weighted by molar-refractivity contribution is -0.124. The van der Waals surface area contributed by atoms with E-state index in [1.165, 1.54) is 7.11 Å². The zero-order valence-electron chi connectivity index (χ0n) is 12.6. The first kappa shape index (κ1) is 17.3. The smallest absolute Gasteiger partial charge is 0.243 e. The van der Waals surface area contributed by atoms with Gasteiger partial charge in [0.05, 0.1) is 19.3 Å². The Bertz CT molecular complexity index is 518. The monoisotopic (exact) mass is 312 g/mol. The summed E-state index contributed by atoms with van der Waals surface area (Å²) in [6.45, 7) is 3.78. The number of hydrogen-bond donors (Lipinski definition) is 2. The van der Waals surface area contributed by atoms with Crippen molar-refractivity contribution in [1.82, 2.24) is 5.32 Å². The van der Waals surface area contributed by atoms with Gasteiger partial charge in [-0.25, -0.2) is 0 Å². The molecule has 6 heteroatoms. The molecule has 1 aromatic carbocycles. The van der Waals surface area contributed by atoms with Crippen LogP contribution in [0.15, 0.2) is 12.1 Å². The normalized spacial score (nSPS) is 10.1. The van der Waals surface area contributed by atoms with Crippen LogP contribution in [0.1, 0.15) is 31.7 Å². The van der Waals surface area contributed by atoms with Crippen LogP contribution in [0.4, 0.5) is 5.69 Å². The van der Waals surface area contributed by atoms with Gasteiger partial charge in [-0.1, -0.05) is 24.9 Å². The van der Waals surface area contributed by atoms with Gasteiger partial charge in [0, 0.05) is 17.5 Å². The van der Waals surface area contributed by atoms with Gasteiger partial charge in [-0.05, 0) is 25.0 Å². The summed E-state index contributed by atoms with van der Waals surface area (Å²) in [7, 11) is 1.50. The number of rotatable bonds is 7. The summed E-state index contributed by atoms with van der Waals surface area (Å²) in [5, 5.41) is 5.85. The number of nitrogens with one attached hydrogen (secondary N) is 2. The first-order chi connectivity index (χ1) is 9.97. The van der Waals surface area contributed by atoms with E-state index in [9.17, 15) is 9.59 Å². The molecule has 0 aliphatic carbocycles. The zero-order chi connectivity index (χ0) is 15.8. The molecular weight excluding hydrogens is 292 g/mol. The lowest BCUT2D eigenvalue weighted by Crippen LogP contribution is -2.32. The van der Waals surface area contributed by atoms with E-state index < -0.39 is 0 Å². The molecule has 1 rings (SSSR count). The van der Waals surface area contributed by atoms with E-state index in [1.807, 2.05) is 13.8 Å². The van der Waals surface area contributed by atoms with Crippen molar-refractivity contribution in [2.24, 2.45) is 0 Å². The molecule has 2 amide bonds. The maximum atomic E-state index is 11.8.